The zero-order valence-corrected chi connectivity index (χ0v) is 14.4. The van der Waals surface area contributed by atoms with Crippen molar-refractivity contribution in [3.05, 3.63) is 80.3 Å². The Morgan fingerprint density at radius 2 is 1.32 bits per heavy atom. The van der Waals surface area contributed by atoms with Gasteiger partial charge in [-0.05, 0) is 54.2 Å². The molecule has 0 fully saturated rings. The second-order valence-electron chi connectivity index (χ2n) is 5.46. The first-order chi connectivity index (χ1) is 10.6. The van der Waals surface area contributed by atoms with Gasteiger partial charge in [0, 0.05) is 5.02 Å². The van der Waals surface area contributed by atoms with Gasteiger partial charge in [0.1, 0.15) is 0 Å². The summed E-state index contributed by atoms with van der Waals surface area (Å²) < 4.78 is 0. The second-order valence-corrected chi connectivity index (χ2v) is 6.65. The predicted molar refractivity (Wildman–Crippen MR) is 97.4 cm³/mol. The van der Waals surface area contributed by atoms with Gasteiger partial charge >= 0.3 is 0 Å². The highest BCUT2D eigenvalue weighted by atomic mass is 35.5. The van der Waals surface area contributed by atoms with E-state index in [1.165, 1.54) is 5.56 Å². The predicted octanol–water partition coefficient (Wildman–Crippen LogP) is 7.04. The first-order valence-electron chi connectivity index (χ1n) is 7.17. The van der Waals surface area contributed by atoms with Crippen LogP contribution in [0, 0.1) is 6.92 Å². The maximum absolute atomic E-state index is 6.55. The van der Waals surface area contributed by atoms with Crippen LogP contribution < -0.4 is 0 Å². The van der Waals surface area contributed by atoms with E-state index in [9.17, 15) is 0 Å². The third-order valence-electron chi connectivity index (χ3n) is 3.92. The van der Waals surface area contributed by atoms with Gasteiger partial charge in [0.2, 0.25) is 0 Å². The molecule has 0 nitrogen and oxygen atoms in total. The second kappa shape index (κ2) is 6.50. The normalized spacial score (nSPS) is 15.5. The van der Waals surface area contributed by atoms with Crippen molar-refractivity contribution < 1.29 is 0 Å². The number of hydrogen-bond donors (Lipinski definition) is 0. The van der Waals surface area contributed by atoms with Gasteiger partial charge in [0.05, 0.1) is 10.1 Å². The number of hydrogen-bond acceptors (Lipinski definition) is 0. The highest BCUT2D eigenvalue weighted by Gasteiger charge is 2.21. The van der Waals surface area contributed by atoms with Crippen molar-refractivity contribution in [3.8, 4) is 0 Å². The fraction of sp³-hybridized carbons (Fsp3) is 0.158. The van der Waals surface area contributed by atoms with E-state index in [1.54, 1.807) is 0 Å². The maximum Gasteiger partial charge on any atom is 0.0633 e. The Bertz CT molecular complexity index is 768. The Balaban J connectivity index is 2.05. The van der Waals surface area contributed by atoms with Crippen LogP contribution in [0.5, 0.6) is 0 Å². The molecule has 0 saturated heterocycles. The van der Waals surface area contributed by atoms with Crippen molar-refractivity contribution in [1.29, 1.82) is 0 Å². The van der Waals surface area contributed by atoms with Crippen LogP contribution >= 0.6 is 34.8 Å². The summed E-state index contributed by atoms with van der Waals surface area (Å²) in [4.78, 5) is 0. The molecule has 2 aromatic rings. The Morgan fingerprint density at radius 1 is 0.727 bits per heavy atom. The quantitative estimate of drug-likeness (QED) is 0.545. The molecule has 0 bridgehead atoms. The summed E-state index contributed by atoms with van der Waals surface area (Å²) in [5.41, 5.74) is 5.58. The molecule has 3 heteroatoms. The molecule has 3 rings (SSSR count). The molecular weight excluding hydrogens is 335 g/mol. The van der Waals surface area contributed by atoms with E-state index in [2.05, 4.69) is 31.2 Å². The Morgan fingerprint density at radius 3 is 1.91 bits per heavy atom. The standard InChI is InChI=1S/C19H15Cl3/c1-12-5-7-13(8-6-12)16-9-10-17(19(22)18(16)21)14-3-2-4-15(20)11-14/h2-8,11H,9-10H2,1H3. The average molecular weight is 350 g/mol. The molecule has 1 aliphatic carbocycles. The van der Waals surface area contributed by atoms with Gasteiger partial charge in [-0.15, -0.1) is 0 Å². The van der Waals surface area contributed by atoms with Gasteiger partial charge < -0.3 is 0 Å². The fourth-order valence-corrected chi connectivity index (χ4v) is 3.53. The molecule has 0 aromatic heterocycles. The highest BCUT2D eigenvalue weighted by Crippen LogP contribution is 2.43. The highest BCUT2D eigenvalue weighted by molar-refractivity contribution is 6.48. The number of aryl methyl sites for hydroxylation is 1. The van der Waals surface area contributed by atoms with Gasteiger partial charge in [0.25, 0.3) is 0 Å². The van der Waals surface area contributed by atoms with Crippen LogP contribution in [-0.4, -0.2) is 0 Å². The minimum absolute atomic E-state index is 0.630. The van der Waals surface area contributed by atoms with Gasteiger partial charge in [0.15, 0.2) is 0 Å². The van der Waals surface area contributed by atoms with E-state index in [0.29, 0.717) is 15.1 Å². The van der Waals surface area contributed by atoms with E-state index in [4.69, 9.17) is 34.8 Å². The van der Waals surface area contributed by atoms with E-state index < -0.39 is 0 Å². The van der Waals surface area contributed by atoms with Crippen molar-refractivity contribution in [1.82, 2.24) is 0 Å². The van der Waals surface area contributed by atoms with Crippen molar-refractivity contribution in [2.45, 2.75) is 19.8 Å². The largest absolute Gasteiger partial charge is 0.0843 e. The van der Waals surface area contributed by atoms with Crippen LogP contribution in [0.1, 0.15) is 29.5 Å². The molecule has 0 heterocycles. The van der Waals surface area contributed by atoms with Crippen LogP contribution in [-0.2, 0) is 0 Å². The smallest absolute Gasteiger partial charge is 0.0633 e. The SMILES string of the molecule is Cc1ccc(C2=C(Cl)C(Cl)=C(c3cccc(Cl)c3)CC2)cc1. The van der Waals surface area contributed by atoms with Gasteiger partial charge in [-0.25, -0.2) is 0 Å². The number of benzene rings is 2. The van der Waals surface area contributed by atoms with E-state index >= 15 is 0 Å². The zero-order chi connectivity index (χ0) is 15.7. The molecule has 2 aromatic carbocycles. The van der Waals surface area contributed by atoms with Crippen LogP contribution in [0.15, 0.2) is 58.6 Å². The lowest BCUT2D eigenvalue weighted by molar-refractivity contribution is 1.06. The molecule has 112 valence electrons. The first kappa shape index (κ1) is 15.7. The molecule has 0 N–H and O–H groups in total. The monoisotopic (exact) mass is 348 g/mol. The summed E-state index contributed by atoms with van der Waals surface area (Å²) in [6, 6.07) is 16.1. The topological polar surface area (TPSA) is 0 Å². The Labute approximate surface area is 146 Å². The van der Waals surface area contributed by atoms with Crippen LogP contribution in [0.3, 0.4) is 0 Å². The molecule has 0 radical (unpaired) electrons. The van der Waals surface area contributed by atoms with Crippen molar-refractivity contribution in [3.63, 3.8) is 0 Å². The summed E-state index contributed by atoms with van der Waals surface area (Å²) in [6.07, 6.45) is 1.73. The average Bonchev–Trinajstić information content (AvgIpc) is 2.51. The maximum atomic E-state index is 6.55. The zero-order valence-electron chi connectivity index (χ0n) is 12.2. The summed E-state index contributed by atoms with van der Waals surface area (Å²) in [7, 11) is 0. The van der Waals surface area contributed by atoms with Crippen molar-refractivity contribution >= 4 is 45.9 Å². The van der Waals surface area contributed by atoms with Gasteiger partial charge in [-0.2, -0.15) is 0 Å². The van der Waals surface area contributed by atoms with E-state index in [0.717, 1.165) is 35.1 Å². The van der Waals surface area contributed by atoms with Crippen molar-refractivity contribution in [2.75, 3.05) is 0 Å². The molecule has 1 aliphatic rings. The van der Waals surface area contributed by atoms with Gasteiger partial charge in [-0.3, -0.25) is 0 Å². The molecule has 0 saturated carbocycles. The summed E-state index contributed by atoms with van der Waals surface area (Å²) in [6.45, 7) is 2.07. The number of allylic oxidation sites excluding steroid dienone is 4. The van der Waals surface area contributed by atoms with Gasteiger partial charge in [-0.1, -0.05) is 76.8 Å². The molecule has 0 spiro atoms. The Kier molecular flexibility index (Phi) is 4.63. The molecule has 0 amide bonds. The van der Waals surface area contributed by atoms with Crippen LogP contribution in [0.2, 0.25) is 5.02 Å². The molecule has 0 atom stereocenters. The van der Waals surface area contributed by atoms with Crippen molar-refractivity contribution in [2.24, 2.45) is 0 Å². The minimum Gasteiger partial charge on any atom is -0.0843 e. The lowest BCUT2D eigenvalue weighted by Gasteiger charge is -2.21. The minimum atomic E-state index is 0.630. The van der Waals surface area contributed by atoms with E-state index in [-0.39, 0.29) is 0 Å². The van der Waals surface area contributed by atoms with E-state index in [1.807, 2.05) is 24.3 Å². The summed E-state index contributed by atoms with van der Waals surface area (Å²) >= 11 is 19.2. The van der Waals surface area contributed by atoms with Crippen LogP contribution in [0.4, 0.5) is 0 Å². The lowest BCUT2D eigenvalue weighted by Crippen LogP contribution is -2.00. The summed E-state index contributed by atoms with van der Waals surface area (Å²) in [5, 5.41) is 1.98. The number of rotatable bonds is 2. The fourth-order valence-electron chi connectivity index (χ4n) is 2.71. The summed E-state index contributed by atoms with van der Waals surface area (Å²) in [5.74, 6) is 0. The first-order valence-corrected chi connectivity index (χ1v) is 8.30. The third kappa shape index (κ3) is 3.10. The molecule has 22 heavy (non-hydrogen) atoms. The lowest BCUT2D eigenvalue weighted by atomic mass is 9.89. The Hall–Kier alpha value is -1.21. The van der Waals surface area contributed by atoms with Crippen LogP contribution in [0.25, 0.3) is 11.1 Å². The molecular formula is C19H15Cl3. The molecule has 0 aliphatic heterocycles. The third-order valence-corrected chi connectivity index (χ3v) is 5.09. The number of halogens is 3. The molecule has 0 unspecified atom stereocenters.